The molecule has 0 aliphatic heterocycles. The van der Waals surface area contributed by atoms with Crippen LogP contribution in [0.15, 0.2) is 12.2 Å². The predicted molar refractivity (Wildman–Crippen MR) is 328 cm³/mol. The number of ether oxygens (including phenoxy) is 2. The van der Waals surface area contributed by atoms with Crippen molar-refractivity contribution in [2.75, 3.05) is 55.9 Å². The number of allylic oxidation sites excluding steroid dienone is 2. The lowest BCUT2D eigenvalue weighted by Gasteiger charge is -2.42. The highest BCUT2D eigenvalue weighted by molar-refractivity contribution is 5.98. The zero-order valence-corrected chi connectivity index (χ0v) is 56.5. The van der Waals surface area contributed by atoms with Crippen LogP contribution >= 0.6 is 0 Å². The van der Waals surface area contributed by atoms with E-state index in [9.17, 15) is 48.3 Å². The van der Waals surface area contributed by atoms with Crippen LogP contribution in [-0.4, -0.2) is 209 Å². The number of ketones is 1. The molecular formula is C63H112N8O14. The van der Waals surface area contributed by atoms with Crippen LogP contribution in [0.5, 0.6) is 0 Å². The summed E-state index contributed by atoms with van der Waals surface area (Å²) in [6, 6.07) is -8.03. The molecule has 0 aromatic heterocycles. The second-order valence-electron chi connectivity index (χ2n) is 26.3. The third kappa shape index (κ3) is 24.8. The van der Waals surface area contributed by atoms with E-state index >= 15 is 9.59 Å². The summed E-state index contributed by atoms with van der Waals surface area (Å²) >= 11 is 0. The molecule has 0 rings (SSSR count). The Balaban J connectivity index is 7.03. The molecule has 3 N–H and O–H groups in total. The zero-order valence-electron chi connectivity index (χ0n) is 56.5. The summed E-state index contributed by atoms with van der Waals surface area (Å²) < 4.78 is 11.5. The normalized spacial score (nSPS) is 15.8. The summed E-state index contributed by atoms with van der Waals surface area (Å²) in [6.07, 6.45) is 3.57. The summed E-state index contributed by atoms with van der Waals surface area (Å²) in [4.78, 5) is 161. The number of hydrogen-bond acceptors (Lipinski definition) is 13. The number of methoxy groups -OCH3 is 1. The van der Waals surface area contributed by atoms with Gasteiger partial charge in [0.25, 0.3) is 0 Å². The molecule has 0 saturated heterocycles. The Kier molecular flexibility index (Phi) is 33.7. The number of carbonyl (C=O) groups is 11. The fourth-order valence-corrected chi connectivity index (χ4v) is 10.5. The maximum atomic E-state index is 15.1. The fraction of sp³-hybridized carbons (Fsp3) is 0.794. The topological polar surface area (TPSA) is 270 Å². The van der Waals surface area contributed by atoms with Crippen molar-refractivity contribution in [3.05, 3.63) is 12.2 Å². The van der Waals surface area contributed by atoms with E-state index in [2.05, 4.69) is 10.6 Å². The van der Waals surface area contributed by atoms with Crippen molar-refractivity contribution in [2.24, 2.45) is 47.3 Å². The van der Waals surface area contributed by atoms with Crippen molar-refractivity contribution in [1.29, 1.82) is 0 Å². The highest BCUT2D eigenvalue weighted by atomic mass is 16.6. The summed E-state index contributed by atoms with van der Waals surface area (Å²) in [6.45, 7) is 31.5. The Morgan fingerprint density at radius 2 is 1.01 bits per heavy atom. The van der Waals surface area contributed by atoms with E-state index in [4.69, 9.17) is 9.47 Å². The highest BCUT2D eigenvalue weighted by Gasteiger charge is 2.46. The molecule has 0 radical (unpaired) electrons. The molecule has 0 aromatic rings. The van der Waals surface area contributed by atoms with Crippen LogP contribution in [0.1, 0.15) is 170 Å². The lowest BCUT2D eigenvalue weighted by Crippen LogP contribution is -2.63. The third-order valence-electron chi connectivity index (χ3n) is 15.4. The van der Waals surface area contributed by atoms with E-state index in [-0.39, 0.29) is 73.4 Å². The van der Waals surface area contributed by atoms with Crippen LogP contribution in [0.2, 0.25) is 0 Å². The molecule has 11 atom stereocenters. The fourth-order valence-electron chi connectivity index (χ4n) is 10.5. The minimum absolute atomic E-state index is 0.0150. The summed E-state index contributed by atoms with van der Waals surface area (Å²) in [5, 5.41) is 14.8. The van der Waals surface area contributed by atoms with Crippen molar-refractivity contribution >= 4 is 65.0 Å². The van der Waals surface area contributed by atoms with Gasteiger partial charge in [-0.3, -0.25) is 52.7 Å². The Bertz CT molecular complexity index is 2280. The van der Waals surface area contributed by atoms with Crippen molar-refractivity contribution in [1.82, 2.24) is 40.0 Å². The van der Waals surface area contributed by atoms with Gasteiger partial charge in [-0.2, -0.15) is 0 Å². The molecule has 0 fully saturated rings. The molecule has 0 aliphatic carbocycles. The average Bonchev–Trinajstić information content (AvgIpc) is 3.43. The molecule has 0 heterocycles. The van der Waals surface area contributed by atoms with Crippen molar-refractivity contribution in [2.45, 2.75) is 224 Å². The first kappa shape index (κ1) is 79.1. The van der Waals surface area contributed by atoms with Gasteiger partial charge >= 0.3 is 11.9 Å². The summed E-state index contributed by atoms with van der Waals surface area (Å²) in [5.41, 5.74) is -0.752. The Morgan fingerprint density at radius 1 is 0.553 bits per heavy atom. The molecule has 22 nitrogen and oxygen atoms in total. The summed E-state index contributed by atoms with van der Waals surface area (Å²) in [7, 11) is 10.1. The SMILES string of the molecule is C/C=C/C[C@@H](C)[C@@H](OC)[C@@H](C(=O)N[C@@H](CC)C(=O)N(C)CC(=O)O)N(C)C(=O)[C@H](C(C)C)N(C)C(=O)[C@H](CC(C)C)N(C)C(=O)[C@H](CC(C)C)N(C)C(=O)[C@@H](C)NC(=O)[C@H](C)CC(=O)[C@H](CC(C)C)N(C)C(=O)[C@@H](CC(=O)OC(C)(C)C)C(C)C. The minimum Gasteiger partial charge on any atom is -0.480 e. The Morgan fingerprint density at radius 3 is 1.44 bits per heavy atom. The number of nitrogens with zero attached hydrogens (tertiary/aromatic N) is 6. The lowest BCUT2D eigenvalue weighted by molar-refractivity contribution is -0.159. The van der Waals surface area contributed by atoms with Gasteiger partial charge in [0, 0.05) is 61.7 Å². The van der Waals surface area contributed by atoms with Gasteiger partial charge in [-0.25, -0.2) is 0 Å². The van der Waals surface area contributed by atoms with Gasteiger partial charge in [0.1, 0.15) is 48.4 Å². The van der Waals surface area contributed by atoms with E-state index in [0.29, 0.717) is 12.8 Å². The molecular weight excluding hydrogens is 1090 g/mol. The number of esters is 1. The number of amides is 8. The smallest absolute Gasteiger partial charge is 0.323 e. The van der Waals surface area contributed by atoms with Gasteiger partial charge in [-0.05, 0) is 102 Å². The monoisotopic (exact) mass is 1200 g/mol. The largest absolute Gasteiger partial charge is 0.480 e. The van der Waals surface area contributed by atoms with Gasteiger partial charge in [0.2, 0.25) is 47.3 Å². The number of likely N-dealkylation sites (N-methyl/N-ethyl adjacent to an activating group) is 6. The molecule has 85 heavy (non-hydrogen) atoms. The number of carboxylic acid groups (broad SMARTS) is 1. The lowest BCUT2D eigenvalue weighted by atomic mass is 9.88. The molecule has 0 spiro atoms. The van der Waals surface area contributed by atoms with E-state index in [1.54, 1.807) is 48.5 Å². The second-order valence-corrected chi connectivity index (χ2v) is 26.3. The molecule has 0 saturated carbocycles. The highest BCUT2D eigenvalue weighted by Crippen LogP contribution is 2.28. The van der Waals surface area contributed by atoms with Crippen LogP contribution in [0.25, 0.3) is 0 Å². The number of rotatable bonds is 36. The standard InChI is InChI=1S/C63H112N8O14/c1-26-28-29-41(13)54(84-25)53(56(77)65-45(27-2)59(80)66(19)35-50(73)74)71(24)62(83)52(40(11)12)70(23)61(82)48(32-38(7)8)69(22)60(81)47(31-37(5)6)68(21)57(78)43(15)64-55(76)42(14)33-49(72)46(30-36(3)4)67(20)58(79)44(39(9)10)34-51(75)85-63(16,17)18/h26,28,36-48,52-54H,27,29-35H2,1-25H3,(H,64,76)(H,65,77)(H,73,74)/b28-26+/t41-,42-,43-,44+,45+,46+,47+,48+,52+,53+,54-/m1/s1. The molecule has 0 aromatic carbocycles. The first-order valence-electron chi connectivity index (χ1n) is 30.3. The van der Waals surface area contributed by atoms with E-state index in [0.717, 1.165) is 4.90 Å². The minimum atomic E-state index is -1.35. The number of nitrogens with one attached hydrogen (secondary N) is 2. The van der Waals surface area contributed by atoms with Gasteiger partial charge in [-0.1, -0.05) is 102 Å². The maximum Gasteiger partial charge on any atom is 0.323 e. The molecule has 8 amide bonds. The first-order chi connectivity index (χ1) is 39.0. The number of hydrogen-bond donors (Lipinski definition) is 3. The van der Waals surface area contributed by atoms with Gasteiger partial charge in [0.15, 0.2) is 5.78 Å². The van der Waals surface area contributed by atoms with Crippen molar-refractivity contribution in [3.63, 3.8) is 0 Å². The molecule has 0 bridgehead atoms. The molecule has 488 valence electrons. The number of carboxylic acids is 1. The van der Waals surface area contributed by atoms with Crippen LogP contribution in [0.4, 0.5) is 0 Å². The first-order valence-corrected chi connectivity index (χ1v) is 30.3. The molecule has 0 unspecified atom stereocenters. The molecule has 22 heteroatoms. The predicted octanol–water partition coefficient (Wildman–Crippen LogP) is 6.07. The van der Waals surface area contributed by atoms with Crippen LogP contribution in [0, 0.1) is 47.3 Å². The van der Waals surface area contributed by atoms with Gasteiger partial charge in [0.05, 0.1) is 24.5 Å². The second kappa shape index (κ2) is 36.3. The number of aliphatic carboxylic acids is 1. The Hall–Kier alpha value is -5.93. The van der Waals surface area contributed by atoms with Crippen LogP contribution < -0.4 is 10.6 Å². The zero-order chi connectivity index (χ0) is 66.5. The van der Waals surface area contributed by atoms with E-state index in [1.165, 1.54) is 80.8 Å². The van der Waals surface area contributed by atoms with Crippen LogP contribution in [0.3, 0.4) is 0 Å². The number of Topliss-reactive ketones (excluding diaryl/α,β-unsaturated/α-hetero) is 1. The van der Waals surface area contributed by atoms with Gasteiger partial charge in [-0.15, -0.1) is 0 Å². The van der Waals surface area contributed by atoms with E-state index < -0.39 is 132 Å². The van der Waals surface area contributed by atoms with Gasteiger partial charge < -0.3 is 54.6 Å². The quantitative estimate of drug-likeness (QED) is 0.0475. The maximum absolute atomic E-state index is 15.1. The summed E-state index contributed by atoms with van der Waals surface area (Å²) in [5.74, 6) is -10.0. The molecule has 0 aliphatic rings. The van der Waals surface area contributed by atoms with Crippen molar-refractivity contribution < 1.29 is 67.3 Å². The average molecular weight is 1210 g/mol. The number of carbonyl (C=O) groups excluding carboxylic acids is 10. The van der Waals surface area contributed by atoms with Crippen molar-refractivity contribution in [3.8, 4) is 0 Å². The third-order valence-corrected chi connectivity index (χ3v) is 15.4. The Labute approximate surface area is 509 Å². The van der Waals surface area contributed by atoms with Crippen LogP contribution in [-0.2, 0) is 62.2 Å². The van der Waals surface area contributed by atoms with E-state index in [1.807, 2.05) is 81.4 Å².